The van der Waals surface area contributed by atoms with Gasteiger partial charge in [0.05, 0.1) is 0 Å². The summed E-state index contributed by atoms with van der Waals surface area (Å²) in [5.41, 5.74) is 2.50. The van der Waals surface area contributed by atoms with E-state index in [9.17, 15) is 4.79 Å². The lowest BCUT2D eigenvalue weighted by Gasteiger charge is -2.05. The molecule has 13 heavy (non-hydrogen) atoms. The number of halogens is 1. The predicted molar refractivity (Wildman–Crippen MR) is 54.0 cm³/mol. The Balaban J connectivity index is 2.26. The molecule has 1 saturated carbocycles. The third kappa shape index (κ3) is 0.953. The number of Topliss-reactive ketones (excluding diaryl/α,β-unsaturated/α-hetero) is 1. The van der Waals surface area contributed by atoms with E-state index in [1.54, 1.807) is 0 Å². The highest BCUT2D eigenvalue weighted by Crippen LogP contribution is 2.56. The molecule has 0 unspecified atom stereocenters. The number of ketones is 1. The normalized spacial score (nSPS) is 22.1. The summed E-state index contributed by atoms with van der Waals surface area (Å²) in [6.07, 6.45) is 3.14. The molecule has 3 rings (SSSR count). The first-order valence-corrected chi connectivity index (χ1v) is 5.34. The summed E-state index contributed by atoms with van der Waals surface area (Å²) < 4.78 is 1.09. The number of benzene rings is 1. The topological polar surface area (TPSA) is 17.1 Å². The summed E-state index contributed by atoms with van der Waals surface area (Å²) in [7, 11) is 0. The van der Waals surface area contributed by atoms with E-state index in [2.05, 4.69) is 22.0 Å². The van der Waals surface area contributed by atoms with Crippen LogP contribution in [0.4, 0.5) is 0 Å². The molecule has 1 spiro atoms. The van der Waals surface area contributed by atoms with Gasteiger partial charge in [0.1, 0.15) is 0 Å². The molecule has 0 amide bonds. The Morgan fingerprint density at radius 2 is 2.08 bits per heavy atom. The van der Waals surface area contributed by atoms with Crippen molar-refractivity contribution in [3.63, 3.8) is 0 Å². The molecule has 0 heterocycles. The lowest BCUT2D eigenvalue weighted by atomic mass is 9.99. The van der Waals surface area contributed by atoms with Crippen molar-refractivity contribution in [1.29, 1.82) is 0 Å². The highest BCUT2D eigenvalue weighted by Gasteiger charge is 2.51. The molecule has 1 aromatic carbocycles. The minimum absolute atomic E-state index is 0.260. The Bertz CT molecular complexity index is 405. The highest BCUT2D eigenvalue weighted by molar-refractivity contribution is 9.10. The SMILES string of the molecule is O=C1CC2(CC2)c2cc(Br)ccc21. The van der Waals surface area contributed by atoms with Crippen LogP contribution < -0.4 is 0 Å². The molecule has 1 nitrogen and oxygen atoms in total. The molecule has 66 valence electrons. The predicted octanol–water partition coefficient (Wildman–Crippen LogP) is 3.07. The molecular formula is C11H9BrO. The Hall–Kier alpha value is -0.630. The molecule has 0 N–H and O–H groups in total. The lowest BCUT2D eigenvalue weighted by molar-refractivity contribution is 0.0986. The van der Waals surface area contributed by atoms with Crippen molar-refractivity contribution < 1.29 is 4.79 Å². The monoisotopic (exact) mass is 236 g/mol. The molecule has 2 aliphatic rings. The van der Waals surface area contributed by atoms with Crippen LogP contribution in [-0.2, 0) is 5.41 Å². The van der Waals surface area contributed by atoms with Gasteiger partial charge in [0.15, 0.2) is 5.78 Å². The fraction of sp³-hybridized carbons (Fsp3) is 0.364. The first-order chi connectivity index (χ1) is 6.21. The summed E-state index contributed by atoms with van der Waals surface area (Å²) in [4.78, 5) is 11.6. The first kappa shape index (κ1) is 7.74. The quantitative estimate of drug-likeness (QED) is 0.677. The largest absolute Gasteiger partial charge is 0.294 e. The van der Waals surface area contributed by atoms with Gasteiger partial charge in [-0.2, -0.15) is 0 Å². The van der Waals surface area contributed by atoms with Crippen LogP contribution in [0.5, 0.6) is 0 Å². The number of hydrogen-bond acceptors (Lipinski definition) is 1. The van der Waals surface area contributed by atoms with Crippen molar-refractivity contribution in [3.05, 3.63) is 33.8 Å². The maximum absolute atomic E-state index is 11.6. The first-order valence-electron chi connectivity index (χ1n) is 4.55. The second-order valence-electron chi connectivity index (χ2n) is 4.07. The summed E-state index contributed by atoms with van der Waals surface area (Å²) in [6.45, 7) is 0. The Morgan fingerprint density at radius 1 is 1.31 bits per heavy atom. The van der Waals surface area contributed by atoms with E-state index < -0.39 is 0 Å². The molecule has 2 heteroatoms. The third-order valence-electron chi connectivity index (χ3n) is 3.21. The van der Waals surface area contributed by atoms with Crippen LogP contribution in [0, 0.1) is 0 Å². The van der Waals surface area contributed by atoms with Gasteiger partial charge in [0.2, 0.25) is 0 Å². The minimum atomic E-state index is 0.260. The zero-order chi connectivity index (χ0) is 9.05. The van der Waals surface area contributed by atoms with Crippen molar-refractivity contribution in [1.82, 2.24) is 0 Å². The van der Waals surface area contributed by atoms with Gasteiger partial charge < -0.3 is 0 Å². The number of carbonyl (C=O) groups excluding carboxylic acids is 1. The fourth-order valence-corrected chi connectivity index (χ4v) is 2.65. The molecular weight excluding hydrogens is 228 g/mol. The van der Waals surface area contributed by atoms with Gasteiger partial charge in [0, 0.05) is 21.9 Å². The Morgan fingerprint density at radius 3 is 2.77 bits per heavy atom. The number of carbonyl (C=O) groups is 1. The van der Waals surface area contributed by atoms with Gasteiger partial charge in [-0.1, -0.05) is 15.9 Å². The third-order valence-corrected chi connectivity index (χ3v) is 3.70. The summed E-state index contributed by atoms with van der Waals surface area (Å²) in [5, 5.41) is 0. The average Bonchev–Trinajstić information content (AvgIpc) is 2.79. The summed E-state index contributed by atoms with van der Waals surface area (Å²) >= 11 is 3.45. The van der Waals surface area contributed by atoms with E-state index in [1.807, 2.05) is 12.1 Å². The average molecular weight is 237 g/mol. The number of hydrogen-bond donors (Lipinski definition) is 0. The molecule has 1 fully saturated rings. The van der Waals surface area contributed by atoms with E-state index in [1.165, 1.54) is 18.4 Å². The molecule has 0 radical (unpaired) electrons. The van der Waals surface area contributed by atoms with Crippen LogP contribution in [0.3, 0.4) is 0 Å². The van der Waals surface area contributed by atoms with Crippen LogP contribution in [0.2, 0.25) is 0 Å². The number of rotatable bonds is 0. The smallest absolute Gasteiger partial charge is 0.164 e. The minimum Gasteiger partial charge on any atom is -0.294 e. The van der Waals surface area contributed by atoms with Crippen LogP contribution >= 0.6 is 15.9 Å². The van der Waals surface area contributed by atoms with E-state index in [0.29, 0.717) is 5.78 Å². The van der Waals surface area contributed by atoms with Crippen LogP contribution in [-0.4, -0.2) is 5.78 Å². The van der Waals surface area contributed by atoms with Gasteiger partial charge in [-0.25, -0.2) is 0 Å². The van der Waals surface area contributed by atoms with Crippen LogP contribution in [0.15, 0.2) is 22.7 Å². The molecule has 0 atom stereocenters. The molecule has 1 aromatic rings. The van der Waals surface area contributed by atoms with Gasteiger partial charge in [-0.15, -0.1) is 0 Å². The summed E-state index contributed by atoms with van der Waals surface area (Å²) in [6, 6.07) is 6.03. The van der Waals surface area contributed by atoms with Gasteiger partial charge in [0.25, 0.3) is 0 Å². The standard InChI is InChI=1S/C11H9BrO/c12-7-1-2-8-9(5-7)11(3-4-11)6-10(8)13/h1-2,5H,3-4,6H2. The van der Waals surface area contributed by atoms with Crippen LogP contribution in [0.25, 0.3) is 0 Å². The van der Waals surface area contributed by atoms with Crippen molar-refractivity contribution in [2.45, 2.75) is 24.7 Å². The number of fused-ring (bicyclic) bond motifs is 2. The van der Waals surface area contributed by atoms with E-state index in [0.717, 1.165) is 16.5 Å². The maximum Gasteiger partial charge on any atom is 0.164 e. The Labute approximate surface area is 85.3 Å². The fourth-order valence-electron chi connectivity index (χ4n) is 2.29. The van der Waals surface area contributed by atoms with Crippen molar-refractivity contribution in [3.8, 4) is 0 Å². The second kappa shape index (κ2) is 2.24. The van der Waals surface area contributed by atoms with Crippen LogP contribution in [0.1, 0.15) is 35.2 Å². The summed E-state index contributed by atoms with van der Waals surface area (Å²) in [5.74, 6) is 0.333. The Kier molecular flexibility index (Phi) is 1.33. The van der Waals surface area contributed by atoms with Gasteiger partial charge in [-0.3, -0.25) is 4.79 Å². The van der Waals surface area contributed by atoms with E-state index >= 15 is 0 Å². The maximum atomic E-state index is 11.6. The lowest BCUT2D eigenvalue weighted by Crippen LogP contribution is -1.99. The van der Waals surface area contributed by atoms with E-state index in [4.69, 9.17) is 0 Å². The molecule has 0 aliphatic heterocycles. The molecule has 0 saturated heterocycles. The van der Waals surface area contributed by atoms with Crippen molar-refractivity contribution >= 4 is 21.7 Å². The molecule has 0 aromatic heterocycles. The van der Waals surface area contributed by atoms with E-state index in [-0.39, 0.29) is 5.41 Å². The second-order valence-corrected chi connectivity index (χ2v) is 4.99. The molecule has 0 bridgehead atoms. The highest BCUT2D eigenvalue weighted by atomic mass is 79.9. The zero-order valence-corrected chi connectivity index (χ0v) is 8.73. The van der Waals surface area contributed by atoms with Crippen molar-refractivity contribution in [2.24, 2.45) is 0 Å². The van der Waals surface area contributed by atoms with Gasteiger partial charge in [-0.05, 0) is 36.6 Å². The van der Waals surface area contributed by atoms with Crippen molar-refractivity contribution in [2.75, 3.05) is 0 Å². The van der Waals surface area contributed by atoms with Gasteiger partial charge >= 0.3 is 0 Å². The molecule has 2 aliphatic carbocycles. The zero-order valence-electron chi connectivity index (χ0n) is 7.14.